The van der Waals surface area contributed by atoms with Crippen LogP contribution >= 0.6 is 15.9 Å². The van der Waals surface area contributed by atoms with Crippen molar-refractivity contribution in [2.75, 3.05) is 24.4 Å². The first-order valence-electron chi connectivity index (χ1n) is 10.9. The third-order valence-corrected chi connectivity index (χ3v) is 5.78. The zero-order valence-electron chi connectivity index (χ0n) is 20.2. The molecule has 37 heavy (non-hydrogen) atoms. The van der Waals surface area contributed by atoms with Gasteiger partial charge >= 0.3 is 11.8 Å². The van der Waals surface area contributed by atoms with Gasteiger partial charge in [0.15, 0.2) is 18.1 Å². The molecule has 0 bridgehead atoms. The third kappa shape index (κ3) is 7.37. The lowest BCUT2D eigenvalue weighted by atomic mass is 10.1. The van der Waals surface area contributed by atoms with Gasteiger partial charge in [-0.2, -0.15) is 5.10 Å². The lowest BCUT2D eigenvalue weighted by molar-refractivity contribution is -0.136. The number of carbonyl (C=O) groups excluding carboxylic acids is 3. The van der Waals surface area contributed by atoms with Crippen LogP contribution in [0.2, 0.25) is 0 Å². The van der Waals surface area contributed by atoms with E-state index in [0.717, 1.165) is 17.2 Å². The summed E-state index contributed by atoms with van der Waals surface area (Å²) >= 11 is 3.38. The van der Waals surface area contributed by atoms with Gasteiger partial charge in [-0.3, -0.25) is 14.4 Å². The van der Waals surface area contributed by atoms with Crippen LogP contribution in [0.3, 0.4) is 0 Å². The molecule has 192 valence electrons. The van der Waals surface area contributed by atoms with E-state index in [4.69, 9.17) is 9.47 Å². The number of benzene rings is 3. The molecule has 0 aliphatic carbocycles. The Hall–Kier alpha value is -4.25. The predicted molar refractivity (Wildman–Crippen MR) is 142 cm³/mol. The van der Waals surface area contributed by atoms with E-state index >= 15 is 0 Å². The maximum Gasteiger partial charge on any atom is 0.329 e. The number of carbonyl (C=O) groups is 3. The van der Waals surface area contributed by atoms with Crippen LogP contribution in [-0.4, -0.2) is 37.7 Å². The normalized spacial score (nSPS) is 10.6. The third-order valence-electron chi connectivity index (χ3n) is 5.19. The summed E-state index contributed by atoms with van der Waals surface area (Å²) < 4.78 is 25.1. The van der Waals surface area contributed by atoms with Gasteiger partial charge in [0.05, 0.1) is 23.5 Å². The van der Waals surface area contributed by atoms with Crippen molar-refractivity contribution in [3.8, 4) is 11.5 Å². The summed E-state index contributed by atoms with van der Waals surface area (Å²) in [4.78, 5) is 36.3. The van der Waals surface area contributed by atoms with Crippen molar-refractivity contribution in [2.24, 2.45) is 5.10 Å². The topological polar surface area (TPSA) is 118 Å². The van der Waals surface area contributed by atoms with E-state index in [-0.39, 0.29) is 18.2 Å². The van der Waals surface area contributed by atoms with E-state index < -0.39 is 17.6 Å². The summed E-state index contributed by atoms with van der Waals surface area (Å²) in [5.41, 5.74) is 5.16. The minimum absolute atomic E-state index is 0.126. The molecular weight excluding hydrogens is 547 g/mol. The number of anilines is 2. The Balaban J connectivity index is 1.60. The average Bonchev–Trinajstić information content (AvgIpc) is 2.87. The van der Waals surface area contributed by atoms with Crippen LogP contribution in [-0.2, 0) is 14.4 Å². The van der Waals surface area contributed by atoms with Crippen LogP contribution in [0.25, 0.3) is 0 Å². The number of para-hydroxylation sites is 1. The molecule has 0 aliphatic rings. The Morgan fingerprint density at radius 1 is 1.00 bits per heavy atom. The lowest BCUT2D eigenvalue weighted by Crippen LogP contribution is -2.32. The molecule has 0 fully saturated rings. The monoisotopic (exact) mass is 570 g/mol. The van der Waals surface area contributed by atoms with Crippen molar-refractivity contribution in [2.45, 2.75) is 13.8 Å². The van der Waals surface area contributed by atoms with Crippen molar-refractivity contribution < 1.29 is 28.2 Å². The number of hydrogen-bond acceptors (Lipinski definition) is 6. The van der Waals surface area contributed by atoms with Gasteiger partial charge in [-0.05, 0) is 76.8 Å². The predicted octanol–water partition coefficient (Wildman–Crippen LogP) is 4.32. The molecule has 0 saturated carbocycles. The molecule has 0 aliphatic heterocycles. The van der Waals surface area contributed by atoms with E-state index in [1.54, 1.807) is 12.1 Å². The van der Waals surface area contributed by atoms with Gasteiger partial charge in [0, 0.05) is 5.69 Å². The lowest BCUT2D eigenvalue weighted by Gasteiger charge is -2.14. The molecule has 9 nitrogen and oxygen atoms in total. The highest BCUT2D eigenvalue weighted by molar-refractivity contribution is 9.10. The first kappa shape index (κ1) is 27.3. The van der Waals surface area contributed by atoms with Crippen LogP contribution < -0.4 is 25.5 Å². The van der Waals surface area contributed by atoms with Gasteiger partial charge in [-0.25, -0.2) is 9.82 Å². The van der Waals surface area contributed by atoms with Crippen LogP contribution in [0, 0.1) is 19.7 Å². The maximum absolute atomic E-state index is 13.6. The Bertz CT molecular complexity index is 1360. The number of nitrogens with one attached hydrogen (secondary N) is 3. The van der Waals surface area contributed by atoms with Crippen LogP contribution in [0.1, 0.15) is 16.7 Å². The maximum atomic E-state index is 13.6. The van der Waals surface area contributed by atoms with Crippen molar-refractivity contribution in [3.63, 3.8) is 0 Å². The number of methoxy groups -OCH3 is 1. The second kappa shape index (κ2) is 12.6. The smallest absolute Gasteiger partial charge is 0.329 e. The minimum Gasteiger partial charge on any atom is -0.493 e. The number of rotatable bonds is 8. The largest absolute Gasteiger partial charge is 0.493 e. The molecule has 3 aromatic carbocycles. The summed E-state index contributed by atoms with van der Waals surface area (Å²) in [6.45, 7) is 3.62. The molecule has 3 N–H and O–H groups in total. The molecule has 0 atom stereocenters. The molecular formula is C26H24BrFN4O5. The highest BCUT2D eigenvalue weighted by atomic mass is 79.9. The van der Waals surface area contributed by atoms with Crippen LogP contribution in [0.15, 0.2) is 64.2 Å². The number of ether oxygens (including phenoxy) is 2. The SMILES string of the molecule is COc1cc(/C=N\NC(=O)C(=O)Nc2ccccc2F)cc(Br)c1OCC(=O)Nc1cccc(C)c1C. The molecule has 0 aromatic heterocycles. The van der Waals surface area contributed by atoms with Crippen LogP contribution in [0.4, 0.5) is 15.8 Å². The zero-order chi connectivity index (χ0) is 26.9. The number of aryl methyl sites for hydroxylation is 1. The fraction of sp³-hybridized carbons (Fsp3) is 0.154. The van der Waals surface area contributed by atoms with Crippen molar-refractivity contribution in [3.05, 3.63) is 81.6 Å². The summed E-state index contributed by atoms with van der Waals surface area (Å²) in [7, 11) is 1.43. The second-order valence-electron chi connectivity index (χ2n) is 7.75. The number of hydrogen-bond donors (Lipinski definition) is 3. The highest BCUT2D eigenvalue weighted by Crippen LogP contribution is 2.36. The fourth-order valence-electron chi connectivity index (χ4n) is 3.12. The van der Waals surface area contributed by atoms with Crippen molar-refractivity contribution >= 4 is 51.2 Å². The molecule has 3 amide bonds. The Morgan fingerprint density at radius 3 is 2.46 bits per heavy atom. The molecule has 0 spiro atoms. The number of nitrogens with zero attached hydrogens (tertiary/aromatic N) is 1. The summed E-state index contributed by atoms with van der Waals surface area (Å²) in [6.07, 6.45) is 1.28. The Labute approximate surface area is 221 Å². The second-order valence-corrected chi connectivity index (χ2v) is 8.61. The van der Waals surface area contributed by atoms with E-state index in [0.29, 0.717) is 27.2 Å². The standard InChI is InChI=1S/C26H24BrFN4O5/c1-15-7-6-10-20(16(15)2)30-23(33)14-37-24-18(27)11-17(12-22(24)36-3)13-29-32-26(35)25(34)31-21-9-5-4-8-19(21)28/h4-13H,14H2,1-3H3,(H,30,33)(H,31,34)(H,32,35)/b29-13-. The molecule has 3 rings (SSSR count). The van der Waals surface area contributed by atoms with Gasteiger partial charge in [0.25, 0.3) is 5.91 Å². The summed E-state index contributed by atoms with van der Waals surface area (Å²) in [5.74, 6) is -2.58. The number of halogens is 2. The van der Waals surface area contributed by atoms with Crippen LogP contribution in [0.5, 0.6) is 11.5 Å². The number of amides is 3. The van der Waals surface area contributed by atoms with Crippen molar-refractivity contribution in [1.82, 2.24) is 5.43 Å². The molecule has 0 radical (unpaired) electrons. The first-order chi connectivity index (χ1) is 17.7. The van der Waals surface area contributed by atoms with Gasteiger partial charge in [0.1, 0.15) is 5.82 Å². The molecule has 0 saturated heterocycles. The molecule has 11 heteroatoms. The van der Waals surface area contributed by atoms with Gasteiger partial charge < -0.3 is 20.1 Å². The Kier molecular flexibility index (Phi) is 9.33. The molecule has 0 heterocycles. The highest BCUT2D eigenvalue weighted by Gasteiger charge is 2.16. The van der Waals surface area contributed by atoms with E-state index in [2.05, 4.69) is 37.1 Å². The molecule has 0 unspecified atom stereocenters. The van der Waals surface area contributed by atoms with Gasteiger partial charge in [-0.1, -0.05) is 24.3 Å². The van der Waals surface area contributed by atoms with E-state index in [1.165, 1.54) is 31.5 Å². The summed E-state index contributed by atoms with van der Waals surface area (Å²) in [6, 6.07) is 14.3. The zero-order valence-corrected chi connectivity index (χ0v) is 21.8. The minimum atomic E-state index is -1.08. The molecule has 3 aromatic rings. The Morgan fingerprint density at radius 2 is 1.73 bits per heavy atom. The first-order valence-corrected chi connectivity index (χ1v) is 11.7. The quantitative estimate of drug-likeness (QED) is 0.212. The number of hydrazone groups is 1. The van der Waals surface area contributed by atoms with Gasteiger partial charge in [-0.15, -0.1) is 0 Å². The van der Waals surface area contributed by atoms with Crippen molar-refractivity contribution in [1.29, 1.82) is 0 Å². The fourth-order valence-corrected chi connectivity index (χ4v) is 3.70. The summed E-state index contributed by atoms with van der Waals surface area (Å²) in [5, 5.41) is 8.73. The van der Waals surface area contributed by atoms with E-state index in [9.17, 15) is 18.8 Å². The average molecular weight is 571 g/mol. The van der Waals surface area contributed by atoms with E-state index in [1.807, 2.05) is 32.0 Å². The van der Waals surface area contributed by atoms with Gasteiger partial charge in [0.2, 0.25) is 0 Å².